The lowest BCUT2D eigenvalue weighted by Gasteiger charge is -2.39. The predicted octanol–water partition coefficient (Wildman–Crippen LogP) is 2.33. The third kappa shape index (κ3) is 2.82. The Kier molecular flexibility index (Phi) is 4.47. The molecular weight excluding hydrogens is 204 g/mol. The van der Waals surface area contributed by atoms with Gasteiger partial charge in [0.05, 0.1) is 0 Å². The van der Waals surface area contributed by atoms with Gasteiger partial charge in [-0.15, -0.1) is 6.58 Å². The molecule has 0 bridgehead atoms. The van der Waals surface area contributed by atoms with Gasteiger partial charge in [0.15, 0.2) is 0 Å². The third-order valence-electron chi connectivity index (χ3n) is 3.77. The number of hydrogen-bond acceptors (Lipinski definition) is 3. The van der Waals surface area contributed by atoms with Gasteiger partial charge in [0.1, 0.15) is 0 Å². The normalized spacial score (nSPS) is 30.7. The summed E-state index contributed by atoms with van der Waals surface area (Å²) in [5.74, 6) is 0.247. The smallest absolute Gasteiger partial charge is 0.213 e. The zero-order valence-corrected chi connectivity index (χ0v) is 10.4. The summed E-state index contributed by atoms with van der Waals surface area (Å²) in [4.78, 5) is 13.0. The SMILES string of the molecule is C=CC1CC([N+](=O)[O-])CCC1N(C)C(C)C. The Bertz CT molecular complexity index is 266. The van der Waals surface area contributed by atoms with E-state index in [1.165, 1.54) is 0 Å². The quantitative estimate of drug-likeness (QED) is 0.420. The number of nitrogens with zero attached hydrogens (tertiary/aromatic N) is 2. The minimum atomic E-state index is -0.375. The van der Waals surface area contributed by atoms with Gasteiger partial charge in [0, 0.05) is 29.8 Å². The molecule has 0 aliphatic heterocycles. The monoisotopic (exact) mass is 226 g/mol. The Morgan fingerprint density at radius 2 is 2.12 bits per heavy atom. The van der Waals surface area contributed by atoms with Gasteiger partial charge in [0.2, 0.25) is 6.04 Å². The van der Waals surface area contributed by atoms with E-state index in [1.807, 2.05) is 6.08 Å². The van der Waals surface area contributed by atoms with Crippen LogP contribution in [-0.4, -0.2) is 35.0 Å². The molecule has 0 spiro atoms. The maximum Gasteiger partial charge on any atom is 0.213 e. The Morgan fingerprint density at radius 3 is 2.56 bits per heavy atom. The molecular formula is C12H22N2O2. The first-order chi connectivity index (χ1) is 7.47. The molecule has 1 saturated carbocycles. The Morgan fingerprint density at radius 1 is 1.50 bits per heavy atom. The highest BCUT2D eigenvalue weighted by atomic mass is 16.6. The van der Waals surface area contributed by atoms with Crippen LogP contribution in [0.4, 0.5) is 0 Å². The highest BCUT2D eigenvalue weighted by molar-refractivity contribution is 4.95. The van der Waals surface area contributed by atoms with E-state index in [9.17, 15) is 10.1 Å². The lowest BCUT2D eigenvalue weighted by atomic mass is 9.80. The molecule has 0 aromatic carbocycles. The second-order valence-electron chi connectivity index (χ2n) is 4.98. The minimum absolute atomic E-state index is 0.137. The van der Waals surface area contributed by atoms with E-state index in [-0.39, 0.29) is 16.9 Å². The summed E-state index contributed by atoms with van der Waals surface area (Å²) in [6.07, 6.45) is 4.12. The Hall–Kier alpha value is -0.900. The molecule has 92 valence electrons. The second-order valence-corrected chi connectivity index (χ2v) is 4.98. The van der Waals surface area contributed by atoms with Crippen molar-refractivity contribution < 1.29 is 4.92 Å². The van der Waals surface area contributed by atoms with Crippen LogP contribution in [-0.2, 0) is 0 Å². The standard InChI is InChI=1S/C12H22N2O2/c1-5-10-8-11(14(15)16)6-7-12(10)13(4)9(2)3/h5,9-12H,1,6-8H2,2-4H3. The highest BCUT2D eigenvalue weighted by Gasteiger charge is 2.36. The van der Waals surface area contributed by atoms with Gasteiger partial charge in [-0.05, 0) is 33.2 Å². The summed E-state index contributed by atoms with van der Waals surface area (Å²) in [6.45, 7) is 8.13. The van der Waals surface area contributed by atoms with Crippen LogP contribution in [0, 0.1) is 16.0 Å². The van der Waals surface area contributed by atoms with Crippen molar-refractivity contribution in [3.8, 4) is 0 Å². The van der Waals surface area contributed by atoms with Gasteiger partial charge in [-0.25, -0.2) is 0 Å². The van der Waals surface area contributed by atoms with Crippen molar-refractivity contribution >= 4 is 0 Å². The largest absolute Gasteiger partial charge is 0.300 e. The van der Waals surface area contributed by atoms with Crippen molar-refractivity contribution in [2.45, 2.75) is 51.2 Å². The van der Waals surface area contributed by atoms with E-state index in [0.29, 0.717) is 24.9 Å². The van der Waals surface area contributed by atoms with Gasteiger partial charge >= 0.3 is 0 Å². The first-order valence-electron chi connectivity index (χ1n) is 5.95. The lowest BCUT2D eigenvalue weighted by Crippen LogP contribution is -2.46. The zero-order chi connectivity index (χ0) is 12.3. The Balaban J connectivity index is 2.68. The van der Waals surface area contributed by atoms with Gasteiger partial charge < -0.3 is 4.90 Å². The molecule has 16 heavy (non-hydrogen) atoms. The summed E-state index contributed by atoms with van der Waals surface area (Å²) < 4.78 is 0. The molecule has 3 atom stereocenters. The van der Waals surface area contributed by atoms with Crippen LogP contribution in [0.1, 0.15) is 33.1 Å². The first-order valence-corrected chi connectivity index (χ1v) is 5.95. The molecule has 1 rings (SSSR count). The molecule has 1 fully saturated rings. The molecule has 0 N–H and O–H groups in total. The summed E-state index contributed by atoms with van der Waals surface area (Å²) in [7, 11) is 2.10. The molecule has 4 heteroatoms. The molecule has 0 aromatic heterocycles. The number of hydrogen-bond donors (Lipinski definition) is 0. The van der Waals surface area contributed by atoms with Crippen LogP contribution in [0.5, 0.6) is 0 Å². The molecule has 0 heterocycles. The second kappa shape index (κ2) is 5.43. The van der Waals surface area contributed by atoms with E-state index in [0.717, 1.165) is 6.42 Å². The van der Waals surface area contributed by atoms with Crippen LogP contribution in [0.25, 0.3) is 0 Å². The van der Waals surface area contributed by atoms with Crippen molar-refractivity contribution in [1.82, 2.24) is 4.90 Å². The highest BCUT2D eigenvalue weighted by Crippen LogP contribution is 2.31. The molecule has 0 saturated heterocycles. The van der Waals surface area contributed by atoms with Crippen LogP contribution in [0.2, 0.25) is 0 Å². The van der Waals surface area contributed by atoms with Crippen molar-refractivity contribution in [2.24, 2.45) is 5.92 Å². The van der Waals surface area contributed by atoms with Gasteiger partial charge in [-0.1, -0.05) is 6.08 Å². The average Bonchev–Trinajstić information content (AvgIpc) is 2.26. The van der Waals surface area contributed by atoms with Crippen LogP contribution >= 0.6 is 0 Å². The van der Waals surface area contributed by atoms with Crippen molar-refractivity contribution in [2.75, 3.05) is 7.05 Å². The zero-order valence-electron chi connectivity index (χ0n) is 10.4. The minimum Gasteiger partial charge on any atom is -0.300 e. The van der Waals surface area contributed by atoms with E-state index >= 15 is 0 Å². The van der Waals surface area contributed by atoms with Gasteiger partial charge in [-0.3, -0.25) is 10.1 Å². The number of nitro groups is 1. The maximum absolute atomic E-state index is 10.8. The van der Waals surface area contributed by atoms with E-state index in [4.69, 9.17) is 0 Å². The van der Waals surface area contributed by atoms with Gasteiger partial charge in [0.25, 0.3) is 0 Å². The molecule has 0 aromatic rings. The third-order valence-corrected chi connectivity index (χ3v) is 3.77. The summed E-state index contributed by atoms with van der Waals surface area (Å²) in [6, 6.07) is 0.508. The Labute approximate surface area is 97.5 Å². The number of rotatable bonds is 4. The molecule has 3 unspecified atom stereocenters. The molecule has 0 amide bonds. The fraction of sp³-hybridized carbons (Fsp3) is 0.833. The summed E-state index contributed by atoms with van der Waals surface area (Å²) >= 11 is 0. The fourth-order valence-electron chi connectivity index (χ4n) is 2.50. The van der Waals surface area contributed by atoms with E-state index in [2.05, 4.69) is 32.4 Å². The van der Waals surface area contributed by atoms with Crippen molar-refractivity contribution in [3.05, 3.63) is 22.8 Å². The molecule has 0 radical (unpaired) electrons. The molecule has 1 aliphatic rings. The van der Waals surface area contributed by atoms with Crippen LogP contribution in [0.15, 0.2) is 12.7 Å². The van der Waals surface area contributed by atoms with Crippen LogP contribution < -0.4 is 0 Å². The molecule has 4 nitrogen and oxygen atoms in total. The van der Waals surface area contributed by atoms with Crippen molar-refractivity contribution in [3.63, 3.8) is 0 Å². The van der Waals surface area contributed by atoms with Gasteiger partial charge in [-0.2, -0.15) is 0 Å². The predicted molar refractivity (Wildman–Crippen MR) is 65.0 cm³/mol. The fourth-order valence-corrected chi connectivity index (χ4v) is 2.50. The summed E-state index contributed by atoms with van der Waals surface area (Å²) in [5.41, 5.74) is 0. The average molecular weight is 226 g/mol. The topological polar surface area (TPSA) is 46.4 Å². The molecule has 1 aliphatic carbocycles. The van der Waals surface area contributed by atoms with Crippen molar-refractivity contribution in [1.29, 1.82) is 0 Å². The summed E-state index contributed by atoms with van der Waals surface area (Å²) in [5, 5.41) is 10.8. The van der Waals surface area contributed by atoms with Crippen LogP contribution in [0.3, 0.4) is 0 Å². The van der Waals surface area contributed by atoms with E-state index in [1.54, 1.807) is 0 Å². The maximum atomic E-state index is 10.8. The van der Waals surface area contributed by atoms with E-state index < -0.39 is 0 Å². The lowest BCUT2D eigenvalue weighted by molar-refractivity contribution is -0.528. The first kappa shape index (κ1) is 13.2.